The van der Waals surface area contributed by atoms with Crippen LogP contribution in [0.4, 0.5) is 0 Å². The van der Waals surface area contributed by atoms with Gasteiger partial charge in [-0.1, -0.05) is 97.9 Å². The van der Waals surface area contributed by atoms with Crippen LogP contribution in [-0.2, 0) is 24.5 Å². The highest BCUT2D eigenvalue weighted by atomic mass is 16.5. The molecule has 1 amide bonds. The molecule has 3 aromatic carbocycles. The third-order valence-electron chi connectivity index (χ3n) is 5.88. The first kappa shape index (κ1) is 24.7. The molecule has 2 atom stereocenters. The number of aliphatic carboxylic acids is 1. The molecule has 0 spiro atoms. The first-order chi connectivity index (χ1) is 16.4. The predicted molar refractivity (Wildman–Crippen MR) is 129 cm³/mol. The summed E-state index contributed by atoms with van der Waals surface area (Å²) in [6, 6.07) is 26.6. The molecule has 0 unspecified atom stereocenters. The van der Waals surface area contributed by atoms with E-state index in [1.54, 1.807) is 13.8 Å². The van der Waals surface area contributed by atoms with Crippen LogP contribution in [-0.4, -0.2) is 35.6 Å². The van der Waals surface area contributed by atoms with Crippen molar-refractivity contribution in [3.8, 4) is 0 Å². The number of nitrogens with one attached hydrogen (secondary N) is 1. The summed E-state index contributed by atoms with van der Waals surface area (Å²) in [5, 5.41) is 12.7. The standard InChI is InChI=1S/C28H29NO5/c1-3-34-24(30)19-20(2)25(26(31)32)29-27(33)28(21-13-7-4-8-14-21,22-15-9-5-10-16-22)23-17-11-6-12-18-23/h4-18,20,25H,3,19H2,1-2H3,(H,29,33)(H,31,32)/t20-,25-/m1/s1. The number of benzene rings is 3. The van der Waals surface area contributed by atoms with Crippen LogP contribution < -0.4 is 5.32 Å². The van der Waals surface area contributed by atoms with Gasteiger partial charge in [-0.2, -0.15) is 0 Å². The Hall–Kier alpha value is -3.93. The van der Waals surface area contributed by atoms with Gasteiger partial charge in [0.25, 0.3) is 0 Å². The van der Waals surface area contributed by atoms with E-state index in [-0.39, 0.29) is 13.0 Å². The highest BCUT2D eigenvalue weighted by Crippen LogP contribution is 2.39. The van der Waals surface area contributed by atoms with Gasteiger partial charge in [0.05, 0.1) is 13.0 Å². The molecular formula is C28H29NO5. The van der Waals surface area contributed by atoms with Gasteiger partial charge in [0, 0.05) is 0 Å². The lowest BCUT2D eigenvalue weighted by Crippen LogP contribution is -2.54. The fourth-order valence-corrected chi connectivity index (χ4v) is 4.26. The van der Waals surface area contributed by atoms with Crippen molar-refractivity contribution >= 4 is 17.8 Å². The zero-order valence-corrected chi connectivity index (χ0v) is 19.3. The van der Waals surface area contributed by atoms with Crippen LogP contribution in [0, 0.1) is 5.92 Å². The minimum absolute atomic E-state index is 0.125. The molecule has 0 fully saturated rings. The molecule has 0 saturated carbocycles. The van der Waals surface area contributed by atoms with Crippen molar-refractivity contribution in [3.63, 3.8) is 0 Å². The molecule has 3 rings (SSSR count). The fraction of sp³-hybridized carbons (Fsp3) is 0.250. The van der Waals surface area contributed by atoms with E-state index in [1.807, 2.05) is 91.0 Å². The van der Waals surface area contributed by atoms with E-state index < -0.39 is 35.2 Å². The van der Waals surface area contributed by atoms with Crippen molar-refractivity contribution in [3.05, 3.63) is 108 Å². The van der Waals surface area contributed by atoms with Gasteiger partial charge < -0.3 is 15.2 Å². The van der Waals surface area contributed by atoms with Crippen LogP contribution in [0.3, 0.4) is 0 Å². The first-order valence-corrected chi connectivity index (χ1v) is 11.3. The third-order valence-corrected chi connectivity index (χ3v) is 5.88. The largest absolute Gasteiger partial charge is 0.480 e. The van der Waals surface area contributed by atoms with Crippen molar-refractivity contribution in [1.29, 1.82) is 0 Å². The maximum absolute atomic E-state index is 14.2. The van der Waals surface area contributed by atoms with Gasteiger partial charge in [-0.15, -0.1) is 0 Å². The molecule has 0 aliphatic rings. The minimum atomic E-state index is -1.30. The summed E-state index contributed by atoms with van der Waals surface area (Å²) in [6.45, 7) is 3.51. The van der Waals surface area contributed by atoms with E-state index in [4.69, 9.17) is 4.74 Å². The van der Waals surface area contributed by atoms with Crippen molar-refractivity contribution in [2.24, 2.45) is 5.92 Å². The maximum atomic E-state index is 14.2. The second-order valence-electron chi connectivity index (χ2n) is 8.12. The smallest absolute Gasteiger partial charge is 0.326 e. The summed E-state index contributed by atoms with van der Waals surface area (Å²) in [4.78, 5) is 38.4. The van der Waals surface area contributed by atoms with E-state index in [9.17, 15) is 19.5 Å². The summed E-state index contributed by atoms with van der Waals surface area (Å²) in [5.41, 5.74) is 0.799. The van der Waals surface area contributed by atoms with Crippen LogP contribution in [0.2, 0.25) is 0 Å². The Balaban J connectivity index is 2.13. The molecule has 34 heavy (non-hydrogen) atoms. The predicted octanol–water partition coefficient (Wildman–Crippen LogP) is 4.18. The summed E-state index contributed by atoms with van der Waals surface area (Å²) >= 11 is 0. The van der Waals surface area contributed by atoms with Gasteiger partial charge in [0.1, 0.15) is 11.5 Å². The molecule has 6 nitrogen and oxygen atoms in total. The van der Waals surface area contributed by atoms with E-state index in [0.29, 0.717) is 16.7 Å². The molecular weight excluding hydrogens is 430 g/mol. The molecule has 0 aliphatic carbocycles. The molecule has 176 valence electrons. The normalized spacial score (nSPS) is 12.9. The summed E-state index contributed by atoms with van der Waals surface area (Å²) in [6.07, 6.45) is -0.125. The molecule has 0 heterocycles. The number of hydrogen-bond donors (Lipinski definition) is 2. The lowest BCUT2D eigenvalue weighted by atomic mass is 9.68. The van der Waals surface area contributed by atoms with Crippen LogP contribution >= 0.6 is 0 Å². The Morgan fingerprint density at radius 2 is 1.24 bits per heavy atom. The number of ether oxygens (including phenoxy) is 1. The number of carboxylic acids is 1. The highest BCUT2D eigenvalue weighted by Gasteiger charge is 2.45. The van der Waals surface area contributed by atoms with E-state index >= 15 is 0 Å². The number of carboxylic acid groups (broad SMARTS) is 1. The first-order valence-electron chi connectivity index (χ1n) is 11.3. The molecule has 2 N–H and O–H groups in total. The average Bonchev–Trinajstić information content (AvgIpc) is 2.85. The van der Waals surface area contributed by atoms with Crippen LogP contribution in [0.1, 0.15) is 37.0 Å². The Kier molecular flexibility index (Phi) is 8.19. The highest BCUT2D eigenvalue weighted by molar-refractivity contribution is 5.98. The Labute approximate surface area is 199 Å². The lowest BCUT2D eigenvalue weighted by Gasteiger charge is -2.36. The van der Waals surface area contributed by atoms with Crippen LogP contribution in [0.5, 0.6) is 0 Å². The zero-order valence-electron chi connectivity index (χ0n) is 19.3. The van der Waals surface area contributed by atoms with E-state index in [0.717, 1.165) is 0 Å². The van der Waals surface area contributed by atoms with Crippen molar-refractivity contribution in [2.75, 3.05) is 6.61 Å². The molecule has 0 saturated heterocycles. The van der Waals surface area contributed by atoms with E-state index in [1.165, 1.54) is 0 Å². The number of amides is 1. The van der Waals surface area contributed by atoms with Gasteiger partial charge in [-0.25, -0.2) is 4.79 Å². The third kappa shape index (κ3) is 5.17. The van der Waals surface area contributed by atoms with Crippen LogP contribution in [0.15, 0.2) is 91.0 Å². The van der Waals surface area contributed by atoms with Gasteiger partial charge >= 0.3 is 11.9 Å². The topological polar surface area (TPSA) is 92.7 Å². The average molecular weight is 460 g/mol. The summed E-state index contributed by atoms with van der Waals surface area (Å²) in [7, 11) is 0. The second kappa shape index (κ2) is 11.3. The number of carbonyl (C=O) groups is 3. The Bertz CT molecular complexity index is 1000. The summed E-state index contributed by atoms with van der Waals surface area (Å²) < 4.78 is 4.98. The fourth-order valence-electron chi connectivity index (χ4n) is 4.26. The van der Waals surface area contributed by atoms with Gasteiger partial charge in [0.15, 0.2) is 0 Å². The Morgan fingerprint density at radius 1 is 0.824 bits per heavy atom. The number of hydrogen-bond acceptors (Lipinski definition) is 4. The van der Waals surface area contributed by atoms with Crippen LogP contribution in [0.25, 0.3) is 0 Å². The molecule has 0 radical (unpaired) electrons. The van der Waals surface area contributed by atoms with Gasteiger partial charge in [-0.3, -0.25) is 9.59 Å². The van der Waals surface area contributed by atoms with Gasteiger partial charge in [0.2, 0.25) is 5.91 Å². The number of rotatable bonds is 10. The SMILES string of the molecule is CCOC(=O)C[C@@H](C)[C@@H](NC(=O)C(c1ccccc1)(c1ccccc1)c1ccccc1)C(=O)O. The second-order valence-corrected chi connectivity index (χ2v) is 8.12. The van der Waals surface area contributed by atoms with E-state index in [2.05, 4.69) is 5.32 Å². The van der Waals surface area contributed by atoms with Gasteiger partial charge in [-0.05, 0) is 29.5 Å². The van der Waals surface area contributed by atoms with Crippen molar-refractivity contribution < 1.29 is 24.2 Å². The quantitative estimate of drug-likeness (QED) is 0.351. The lowest BCUT2D eigenvalue weighted by molar-refractivity contribution is -0.147. The molecule has 0 aromatic heterocycles. The molecule has 0 bridgehead atoms. The molecule has 0 aliphatic heterocycles. The minimum Gasteiger partial charge on any atom is -0.480 e. The monoisotopic (exact) mass is 459 g/mol. The maximum Gasteiger partial charge on any atom is 0.326 e. The zero-order chi connectivity index (χ0) is 24.6. The van der Waals surface area contributed by atoms with Crippen molar-refractivity contribution in [1.82, 2.24) is 5.32 Å². The molecule has 3 aromatic rings. The molecule has 6 heteroatoms. The summed E-state index contributed by atoms with van der Waals surface area (Å²) in [5.74, 6) is -2.89. The van der Waals surface area contributed by atoms with Crippen molar-refractivity contribution in [2.45, 2.75) is 31.7 Å². The Morgan fingerprint density at radius 3 is 1.59 bits per heavy atom. The number of esters is 1. The number of carbonyl (C=O) groups excluding carboxylic acids is 2.